The lowest BCUT2D eigenvalue weighted by molar-refractivity contribution is -0.117. The first-order valence-electron chi connectivity index (χ1n) is 6.44. The van der Waals surface area contributed by atoms with E-state index in [-0.39, 0.29) is 11.7 Å². The summed E-state index contributed by atoms with van der Waals surface area (Å²) in [7, 11) is 0. The molecule has 4 heteroatoms. The molecule has 3 nitrogen and oxygen atoms in total. The number of primary amides is 1. The summed E-state index contributed by atoms with van der Waals surface area (Å²) in [5.74, 6) is -0.160. The third-order valence-corrected chi connectivity index (χ3v) is 3.50. The Morgan fingerprint density at radius 3 is 2.78 bits per heavy atom. The monoisotopic (exact) mass is 250 g/mol. The maximum Gasteiger partial charge on any atom is 0.217 e. The number of benzene rings is 1. The molecule has 1 aromatic rings. The maximum absolute atomic E-state index is 13.8. The minimum Gasteiger partial charge on any atom is -0.370 e. The SMILES string of the molecule is NC(=O)CCc1ccc(F)c(C2CCNCC2)c1. The smallest absolute Gasteiger partial charge is 0.217 e. The van der Waals surface area contributed by atoms with Gasteiger partial charge in [0.25, 0.3) is 0 Å². The lowest BCUT2D eigenvalue weighted by Crippen LogP contribution is -2.27. The fourth-order valence-corrected chi connectivity index (χ4v) is 2.46. The van der Waals surface area contributed by atoms with Crippen LogP contribution in [0.3, 0.4) is 0 Å². The van der Waals surface area contributed by atoms with Crippen molar-refractivity contribution >= 4 is 5.91 Å². The van der Waals surface area contributed by atoms with Gasteiger partial charge in [-0.1, -0.05) is 12.1 Å². The lowest BCUT2D eigenvalue weighted by atomic mass is 9.88. The lowest BCUT2D eigenvalue weighted by Gasteiger charge is -2.23. The summed E-state index contributed by atoms with van der Waals surface area (Å²) in [5.41, 5.74) is 6.91. The quantitative estimate of drug-likeness (QED) is 0.854. The Bertz CT molecular complexity index is 428. The number of hydrogen-bond donors (Lipinski definition) is 2. The van der Waals surface area contributed by atoms with E-state index in [1.807, 2.05) is 6.07 Å². The number of amides is 1. The topological polar surface area (TPSA) is 55.1 Å². The van der Waals surface area contributed by atoms with Gasteiger partial charge in [-0.3, -0.25) is 4.79 Å². The molecule has 3 N–H and O–H groups in total. The molecule has 0 aromatic heterocycles. The molecule has 1 saturated heterocycles. The van der Waals surface area contributed by atoms with E-state index in [4.69, 9.17) is 5.73 Å². The zero-order valence-electron chi connectivity index (χ0n) is 10.4. The van der Waals surface area contributed by atoms with Gasteiger partial charge in [0.2, 0.25) is 5.91 Å². The van der Waals surface area contributed by atoms with Gasteiger partial charge in [-0.05, 0) is 55.5 Å². The number of piperidine rings is 1. The Morgan fingerprint density at radius 1 is 1.39 bits per heavy atom. The highest BCUT2D eigenvalue weighted by Gasteiger charge is 2.18. The molecule has 1 aromatic carbocycles. The van der Waals surface area contributed by atoms with E-state index in [1.165, 1.54) is 6.07 Å². The summed E-state index contributed by atoms with van der Waals surface area (Å²) in [5, 5.41) is 3.28. The summed E-state index contributed by atoms with van der Waals surface area (Å²) in [6.07, 6.45) is 2.84. The third kappa shape index (κ3) is 3.29. The molecule has 1 aliphatic heterocycles. The molecule has 1 amide bonds. The normalized spacial score (nSPS) is 16.7. The molecule has 1 heterocycles. The van der Waals surface area contributed by atoms with Crippen LogP contribution in [-0.2, 0) is 11.2 Å². The summed E-state index contributed by atoms with van der Waals surface area (Å²) in [4.78, 5) is 10.8. The second-order valence-electron chi connectivity index (χ2n) is 4.85. The van der Waals surface area contributed by atoms with E-state index >= 15 is 0 Å². The van der Waals surface area contributed by atoms with Crippen molar-refractivity contribution < 1.29 is 9.18 Å². The molecule has 0 unspecified atom stereocenters. The molecule has 0 aliphatic carbocycles. The first kappa shape index (κ1) is 13.0. The van der Waals surface area contributed by atoms with Gasteiger partial charge in [0.05, 0.1) is 0 Å². The van der Waals surface area contributed by atoms with Crippen LogP contribution in [0.5, 0.6) is 0 Å². The largest absolute Gasteiger partial charge is 0.370 e. The van der Waals surface area contributed by atoms with Gasteiger partial charge in [-0.2, -0.15) is 0 Å². The van der Waals surface area contributed by atoms with Crippen molar-refractivity contribution in [2.75, 3.05) is 13.1 Å². The van der Waals surface area contributed by atoms with Crippen molar-refractivity contribution in [3.05, 3.63) is 35.1 Å². The van der Waals surface area contributed by atoms with Crippen LogP contribution < -0.4 is 11.1 Å². The molecular weight excluding hydrogens is 231 g/mol. The minimum atomic E-state index is -0.317. The van der Waals surface area contributed by atoms with Crippen molar-refractivity contribution in [2.45, 2.75) is 31.6 Å². The van der Waals surface area contributed by atoms with E-state index in [2.05, 4.69) is 5.32 Å². The van der Waals surface area contributed by atoms with Gasteiger partial charge in [0.1, 0.15) is 5.82 Å². The Balaban J connectivity index is 2.12. The molecule has 0 saturated carbocycles. The highest BCUT2D eigenvalue weighted by molar-refractivity contribution is 5.74. The number of nitrogens with two attached hydrogens (primary N) is 1. The first-order chi connectivity index (χ1) is 8.66. The van der Waals surface area contributed by atoms with E-state index in [0.29, 0.717) is 18.8 Å². The van der Waals surface area contributed by atoms with Crippen LogP contribution in [0.4, 0.5) is 4.39 Å². The second-order valence-corrected chi connectivity index (χ2v) is 4.85. The average molecular weight is 250 g/mol. The van der Waals surface area contributed by atoms with Gasteiger partial charge < -0.3 is 11.1 Å². The molecule has 1 fully saturated rings. The molecule has 0 radical (unpaired) electrons. The predicted octanol–water partition coefficient (Wildman–Crippen LogP) is 1.71. The minimum absolute atomic E-state index is 0.135. The number of carbonyl (C=O) groups excluding carboxylic acids is 1. The molecule has 1 aliphatic rings. The van der Waals surface area contributed by atoms with Gasteiger partial charge in [-0.15, -0.1) is 0 Å². The van der Waals surface area contributed by atoms with E-state index in [9.17, 15) is 9.18 Å². The highest BCUT2D eigenvalue weighted by Crippen LogP contribution is 2.28. The van der Waals surface area contributed by atoms with Gasteiger partial charge >= 0.3 is 0 Å². The Labute approximate surface area is 107 Å². The van der Waals surface area contributed by atoms with E-state index in [0.717, 1.165) is 37.1 Å². The second kappa shape index (κ2) is 5.96. The molecule has 0 atom stereocenters. The van der Waals surface area contributed by atoms with Crippen LogP contribution >= 0.6 is 0 Å². The van der Waals surface area contributed by atoms with Crippen LogP contribution in [0, 0.1) is 5.82 Å². The van der Waals surface area contributed by atoms with E-state index in [1.54, 1.807) is 6.07 Å². The Morgan fingerprint density at radius 2 is 2.11 bits per heavy atom. The maximum atomic E-state index is 13.8. The van der Waals surface area contributed by atoms with E-state index < -0.39 is 0 Å². The fourth-order valence-electron chi connectivity index (χ4n) is 2.46. The number of hydrogen-bond acceptors (Lipinski definition) is 2. The van der Waals surface area contributed by atoms with Crippen LogP contribution in [0.2, 0.25) is 0 Å². The van der Waals surface area contributed by atoms with Crippen molar-refractivity contribution in [1.82, 2.24) is 5.32 Å². The molecule has 98 valence electrons. The molecule has 0 bridgehead atoms. The van der Waals surface area contributed by atoms with Crippen LogP contribution in [0.15, 0.2) is 18.2 Å². The van der Waals surface area contributed by atoms with Gasteiger partial charge in [0, 0.05) is 6.42 Å². The third-order valence-electron chi connectivity index (χ3n) is 3.50. The fraction of sp³-hybridized carbons (Fsp3) is 0.500. The van der Waals surface area contributed by atoms with Crippen molar-refractivity contribution in [3.8, 4) is 0 Å². The number of halogens is 1. The molecule has 18 heavy (non-hydrogen) atoms. The summed E-state index contributed by atoms with van der Waals surface area (Å²) in [6, 6.07) is 5.14. The summed E-state index contributed by atoms with van der Waals surface area (Å²) < 4.78 is 13.8. The standard InChI is InChI=1S/C14H19FN2O/c15-13-3-1-10(2-4-14(16)18)9-12(13)11-5-7-17-8-6-11/h1,3,9,11,17H,2,4-8H2,(H2,16,18). The number of rotatable bonds is 4. The molecular formula is C14H19FN2O. The molecule has 0 spiro atoms. The predicted molar refractivity (Wildman–Crippen MR) is 68.8 cm³/mol. The zero-order chi connectivity index (χ0) is 13.0. The van der Waals surface area contributed by atoms with Crippen LogP contribution in [-0.4, -0.2) is 19.0 Å². The van der Waals surface area contributed by atoms with Crippen LogP contribution in [0.25, 0.3) is 0 Å². The van der Waals surface area contributed by atoms with Gasteiger partial charge in [0.15, 0.2) is 0 Å². The molecule has 2 rings (SSSR count). The summed E-state index contributed by atoms with van der Waals surface area (Å²) in [6.45, 7) is 1.88. The number of nitrogens with one attached hydrogen (secondary N) is 1. The average Bonchev–Trinajstić information content (AvgIpc) is 2.38. The Hall–Kier alpha value is -1.42. The van der Waals surface area contributed by atoms with Crippen molar-refractivity contribution in [1.29, 1.82) is 0 Å². The summed E-state index contributed by atoms with van der Waals surface area (Å²) >= 11 is 0. The van der Waals surface area contributed by atoms with Crippen molar-refractivity contribution in [3.63, 3.8) is 0 Å². The first-order valence-corrected chi connectivity index (χ1v) is 6.44. The van der Waals surface area contributed by atoms with Crippen LogP contribution in [0.1, 0.15) is 36.3 Å². The highest BCUT2D eigenvalue weighted by atomic mass is 19.1. The van der Waals surface area contributed by atoms with Crippen molar-refractivity contribution in [2.24, 2.45) is 5.73 Å². The van der Waals surface area contributed by atoms with Gasteiger partial charge in [-0.25, -0.2) is 4.39 Å². The zero-order valence-corrected chi connectivity index (χ0v) is 10.4. The number of carbonyl (C=O) groups is 1. The number of aryl methyl sites for hydroxylation is 1. The Kier molecular flexibility index (Phi) is 4.31.